The van der Waals surface area contributed by atoms with Crippen LogP contribution in [0.25, 0.3) is 0 Å². The Bertz CT molecular complexity index is 2050. The second-order valence-corrected chi connectivity index (χ2v) is 15.1. The fourth-order valence-electron chi connectivity index (χ4n) is 7.79. The van der Waals surface area contributed by atoms with Gasteiger partial charge in [0.2, 0.25) is 29.5 Å². The molecule has 3 heterocycles. The van der Waals surface area contributed by atoms with Gasteiger partial charge in [-0.15, -0.1) is 0 Å². The summed E-state index contributed by atoms with van der Waals surface area (Å²) in [6.45, 7) is 2.07. The Morgan fingerprint density at radius 2 is 1.12 bits per heavy atom. The van der Waals surface area contributed by atoms with Gasteiger partial charge >= 0.3 is 0 Å². The van der Waals surface area contributed by atoms with Gasteiger partial charge in [-0.25, -0.2) is 0 Å². The van der Waals surface area contributed by atoms with Gasteiger partial charge in [0, 0.05) is 55.8 Å². The molecule has 266 valence electrons. The highest BCUT2D eigenvalue weighted by Gasteiger charge is 2.44. The second-order valence-electron chi connectivity index (χ2n) is 13.8. The standard InChI is InChI=1S/C41H40IN5O5/c1-25(48)45-22-30-11-5-3-9-28(30)20-36(45)39(50)44-34(18-26-14-16-33(42)17-15-26)40(51)47-24-32-13-7-4-10-29(32)21-37(47)41(52)46-23-31-12-6-2-8-27(31)19-35(46)38(43)49/h2-17,34-37H,18-24H2,1H3,(H2,43,49)(H,44,50)/t34-,35?,36?,37?/m1/s1. The minimum Gasteiger partial charge on any atom is -0.368 e. The van der Waals surface area contributed by atoms with Crippen LogP contribution in [0.1, 0.15) is 45.9 Å². The molecule has 10 nitrogen and oxygen atoms in total. The third-order valence-corrected chi connectivity index (χ3v) is 11.3. The molecule has 0 aliphatic carbocycles. The van der Waals surface area contributed by atoms with Crippen molar-refractivity contribution in [1.82, 2.24) is 20.0 Å². The average Bonchev–Trinajstić information content (AvgIpc) is 3.16. The number of nitrogens with two attached hydrogens (primary N) is 1. The second kappa shape index (κ2) is 14.9. The van der Waals surface area contributed by atoms with Gasteiger partial charge in [-0.05, 0) is 73.7 Å². The fraction of sp³-hybridized carbons (Fsp3) is 0.293. The molecule has 0 saturated carbocycles. The van der Waals surface area contributed by atoms with Crippen molar-refractivity contribution >= 4 is 52.1 Å². The molecule has 0 radical (unpaired) electrons. The zero-order chi connectivity index (χ0) is 36.5. The molecule has 4 aromatic rings. The van der Waals surface area contributed by atoms with E-state index in [-0.39, 0.29) is 44.2 Å². The van der Waals surface area contributed by atoms with Crippen molar-refractivity contribution in [3.63, 3.8) is 0 Å². The molecule has 0 fully saturated rings. The summed E-state index contributed by atoms with van der Waals surface area (Å²) in [5, 5.41) is 3.04. The van der Waals surface area contributed by atoms with Crippen LogP contribution in [-0.4, -0.2) is 68.4 Å². The van der Waals surface area contributed by atoms with Gasteiger partial charge in [0.25, 0.3) is 0 Å². The zero-order valence-electron chi connectivity index (χ0n) is 28.8. The van der Waals surface area contributed by atoms with Crippen molar-refractivity contribution in [2.45, 2.75) is 76.4 Å². The molecular weight excluding hydrogens is 769 g/mol. The molecule has 3 N–H and O–H groups in total. The first-order chi connectivity index (χ1) is 25.1. The van der Waals surface area contributed by atoms with Crippen molar-refractivity contribution in [2.75, 3.05) is 0 Å². The molecule has 52 heavy (non-hydrogen) atoms. The minimum atomic E-state index is -1.05. The molecular formula is C41H40IN5O5. The lowest BCUT2D eigenvalue weighted by Crippen LogP contribution is -2.62. The van der Waals surface area contributed by atoms with Crippen LogP contribution in [0, 0.1) is 3.57 Å². The van der Waals surface area contributed by atoms with Gasteiger partial charge in [0.15, 0.2) is 0 Å². The lowest BCUT2D eigenvalue weighted by Gasteiger charge is -2.43. The Morgan fingerprint density at radius 1 is 0.654 bits per heavy atom. The SMILES string of the molecule is CC(=O)N1Cc2ccccc2CC1C(=O)N[C@H](Cc1ccc(I)cc1)C(=O)N1Cc2ccccc2CC1C(=O)N1Cc2ccccc2CC1C(N)=O. The minimum absolute atomic E-state index is 0.145. The first-order valence-corrected chi connectivity index (χ1v) is 18.6. The quantitative estimate of drug-likeness (QED) is 0.275. The van der Waals surface area contributed by atoms with E-state index in [1.807, 2.05) is 97.1 Å². The van der Waals surface area contributed by atoms with E-state index in [1.54, 1.807) is 9.80 Å². The molecule has 3 aliphatic rings. The van der Waals surface area contributed by atoms with E-state index in [9.17, 15) is 24.0 Å². The molecule has 3 unspecified atom stereocenters. The highest BCUT2D eigenvalue weighted by molar-refractivity contribution is 14.1. The van der Waals surface area contributed by atoms with Crippen LogP contribution in [-0.2, 0) is 69.3 Å². The van der Waals surface area contributed by atoms with E-state index in [0.29, 0.717) is 13.0 Å². The molecule has 0 bridgehead atoms. The number of halogens is 1. The molecule has 0 spiro atoms. The first-order valence-electron chi connectivity index (χ1n) is 17.5. The average molecular weight is 810 g/mol. The van der Waals surface area contributed by atoms with Gasteiger partial charge < -0.3 is 25.8 Å². The number of benzene rings is 4. The van der Waals surface area contributed by atoms with Crippen LogP contribution < -0.4 is 11.1 Å². The number of hydrogen-bond donors (Lipinski definition) is 2. The predicted molar refractivity (Wildman–Crippen MR) is 203 cm³/mol. The third-order valence-electron chi connectivity index (χ3n) is 10.6. The largest absolute Gasteiger partial charge is 0.368 e. The van der Waals surface area contributed by atoms with Crippen molar-refractivity contribution in [3.8, 4) is 0 Å². The number of nitrogens with one attached hydrogen (secondary N) is 1. The van der Waals surface area contributed by atoms with Crippen molar-refractivity contribution in [2.24, 2.45) is 5.73 Å². The van der Waals surface area contributed by atoms with E-state index in [2.05, 4.69) is 27.9 Å². The number of fused-ring (bicyclic) bond motifs is 3. The maximum atomic E-state index is 15.0. The van der Waals surface area contributed by atoms with Crippen molar-refractivity contribution < 1.29 is 24.0 Å². The number of hydrogen-bond acceptors (Lipinski definition) is 5. The van der Waals surface area contributed by atoms with Crippen LogP contribution in [0.3, 0.4) is 0 Å². The van der Waals surface area contributed by atoms with E-state index >= 15 is 0 Å². The monoisotopic (exact) mass is 809 g/mol. The summed E-state index contributed by atoms with van der Waals surface area (Å²) < 4.78 is 1.02. The molecule has 5 amide bonds. The summed E-state index contributed by atoms with van der Waals surface area (Å²) in [6, 6.07) is 27.2. The normalized spacial score (nSPS) is 19.8. The fourth-order valence-corrected chi connectivity index (χ4v) is 8.15. The Morgan fingerprint density at radius 3 is 1.63 bits per heavy atom. The molecule has 4 aromatic carbocycles. The van der Waals surface area contributed by atoms with Crippen LogP contribution in [0.15, 0.2) is 97.1 Å². The number of rotatable bonds is 7. The number of carbonyl (C=O) groups excluding carboxylic acids is 5. The summed E-state index contributed by atoms with van der Waals surface area (Å²) >= 11 is 2.22. The highest BCUT2D eigenvalue weighted by Crippen LogP contribution is 2.30. The third kappa shape index (κ3) is 7.19. The van der Waals surface area contributed by atoms with Gasteiger partial charge in [-0.1, -0.05) is 84.9 Å². The van der Waals surface area contributed by atoms with E-state index in [0.717, 1.165) is 42.5 Å². The van der Waals surface area contributed by atoms with Crippen LogP contribution in [0.4, 0.5) is 0 Å². The zero-order valence-corrected chi connectivity index (χ0v) is 31.0. The number of carbonyl (C=O) groups is 5. The lowest BCUT2D eigenvalue weighted by atomic mass is 9.89. The van der Waals surface area contributed by atoms with Gasteiger partial charge in [0.05, 0.1) is 0 Å². The van der Waals surface area contributed by atoms with Crippen molar-refractivity contribution in [1.29, 1.82) is 0 Å². The van der Waals surface area contributed by atoms with E-state index < -0.39 is 41.9 Å². The maximum Gasteiger partial charge on any atom is 0.246 e. The summed E-state index contributed by atoms with van der Waals surface area (Å²) in [7, 11) is 0. The Kier molecular flexibility index (Phi) is 10.1. The first kappa shape index (κ1) is 35.4. The van der Waals surface area contributed by atoms with E-state index in [1.165, 1.54) is 11.8 Å². The summed E-state index contributed by atoms with van der Waals surface area (Å²) in [5.41, 5.74) is 12.4. The molecule has 7 rings (SSSR count). The predicted octanol–water partition coefficient (Wildman–Crippen LogP) is 3.68. The summed E-state index contributed by atoms with van der Waals surface area (Å²) in [4.78, 5) is 74.2. The smallest absolute Gasteiger partial charge is 0.246 e. The summed E-state index contributed by atoms with van der Waals surface area (Å²) in [6.07, 6.45) is 1.02. The van der Waals surface area contributed by atoms with Gasteiger partial charge in [0.1, 0.15) is 24.2 Å². The lowest BCUT2D eigenvalue weighted by molar-refractivity contribution is -0.153. The Hall–Kier alpha value is -5.04. The number of primary amides is 1. The maximum absolute atomic E-state index is 15.0. The Labute approximate surface area is 316 Å². The number of nitrogens with zero attached hydrogens (tertiary/aromatic N) is 3. The van der Waals surface area contributed by atoms with Crippen LogP contribution in [0.5, 0.6) is 0 Å². The molecule has 11 heteroatoms. The topological polar surface area (TPSA) is 133 Å². The highest BCUT2D eigenvalue weighted by atomic mass is 127. The van der Waals surface area contributed by atoms with Gasteiger partial charge in [-0.2, -0.15) is 0 Å². The molecule has 4 atom stereocenters. The molecule has 0 saturated heterocycles. The molecule has 3 aliphatic heterocycles. The van der Waals surface area contributed by atoms with Gasteiger partial charge in [-0.3, -0.25) is 24.0 Å². The Balaban J connectivity index is 1.23. The van der Waals surface area contributed by atoms with E-state index in [4.69, 9.17) is 5.73 Å². The molecule has 0 aromatic heterocycles. The summed E-state index contributed by atoms with van der Waals surface area (Å²) in [5.74, 6) is -2.06. The van der Waals surface area contributed by atoms with Crippen molar-refractivity contribution in [3.05, 3.63) is 140 Å². The van der Waals surface area contributed by atoms with Crippen LogP contribution >= 0.6 is 22.6 Å². The number of amides is 5. The van der Waals surface area contributed by atoms with Crippen LogP contribution in [0.2, 0.25) is 0 Å².